The average Bonchev–Trinajstić information content (AvgIpc) is 2.97. The molecular formula is C38H79NO2. The van der Waals surface area contributed by atoms with Gasteiger partial charge < -0.3 is 15.0 Å². The number of quaternary nitrogens is 1. The van der Waals surface area contributed by atoms with Crippen molar-refractivity contribution in [3.05, 3.63) is 5.21 Å². The number of unbranched alkanes of at least 4 members (excludes halogenated alkanes) is 30. The lowest BCUT2D eigenvalue weighted by Gasteiger charge is -2.42. The lowest BCUT2D eigenvalue weighted by atomic mass is 10.0. The smallest absolute Gasteiger partial charge is 0.102 e. The van der Waals surface area contributed by atoms with E-state index in [1.807, 2.05) is 0 Å². The van der Waals surface area contributed by atoms with Gasteiger partial charge in [-0.25, -0.2) is 0 Å². The van der Waals surface area contributed by atoms with Crippen LogP contribution in [0.25, 0.3) is 0 Å². The Morgan fingerprint density at radius 2 is 0.512 bits per heavy atom. The summed E-state index contributed by atoms with van der Waals surface area (Å²) in [6.07, 6.45) is 43.6. The van der Waals surface area contributed by atoms with Crippen molar-refractivity contribution < 1.29 is 9.75 Å². The van der Waals surface area contributed by atoms with Crippen molar-refractivity contribution in [2.45, 2.75) is 219 Å². The molecule has 0 radical (unpaired) electrons. The molecule has 0 spiro atoms. The average molecular weight is 582 g/mol. The molecule has 0 heterocycles. The molecule has 0 aromatic carbocycles. The molecule has 1 N–H and O–H groups in total. The summed E-state index contributed by atoms with van der Waals surface area (Å²) in [4.78, 5) is 0. The first-order valence-electron chi connectivity index (χ1n) is 19.4. The minimum atomic E-state index is -0.159. The van der Waals surface area contributed by atoms with Gasteiger partial charge in [-0.05, 0) is 25.7 Å². The molecule has 0 aliphatic rings. The fourth-order valence-corrected chi connectivity index (χ4v) is 6.41. The fourth-order valence-electron chi connectivity index (χ4n) is 6.41. The number of hydrogen-bond donors (Lipinski definition) is 1. The molecule has 41 heavy (non-hydrogen) atoms. The van der Waals surface area contributed by atoms with E-state index in [0.29, 0.717) is 19.6 Å². The van der Waals surface area contributed by atoms with Crippen LogP contribution in [0.3, 0.4) is 0 Å². The van der Waals surface area contributed by atoms with Gasteiger partial charge in [-0.1, -0.05) is 194 Å². The van der Waals surface area contributed by atoms with Crippen LogP contribution in [0.15, 0.2) is 0 Å². The maximum Gasteiger partial charge on any atom is 0.102 e. The Kier molecular flexibility index (Phi) is 34.3. The zero-order chi connectivity index (χ0) is 30.0. The Balaban J connectivity index is 3.49. The highest BCUT2D eigenvalue weighted by molar-refractivity contribution is 4.54. The van der Waals surface area contributed by atoms with E-state index < -0.39 is 0 Å². The molecule has 0 aromatic heterocycles. The predicted molar refractivity (Wildman–Crippen MR) is 184 cm³/mol. The third kappa shape index (κ3) is 32.6. The molecule has 0 amide bonds. The standard InChI is InChI=1S/C38H79NO2/c1-3-5-7-9-11-13-15-17-19-21-23-25-27-29-31-33-35-39(41,37-38-40)36-34-32-30-28-26-24-22-20-18-16-14-12-10-8-6-4-2/h40H,3-38H2,1-2H3. The molecule has 248 valence electrons. The summed E-state index contributed by atoms with van der Waals surface area (Å²) < 4.78 is -0.159. The van der Waals surface area contributed by atoms with Gasteiger partial charge in [-0.2, -0.15) is 0 Å². The first-order chi connectivity index (χ1) is 20.2. The van der Waals surface area contributed by atoms with Gasteiger partial charge in [0.2, 0.25) is 0 Å². The molecule has 0 unspecified atom stereocenters. The summed E-state index contributed by atoms with van der Waals surface area (Å²) in [5.41, 5.74) is 0. The number of hydrogen-bond acceptors (Lipinski definition) is 2. The predicted octanol–water partition coefficient (Wildman–Crippen LogP) is 12.8. The molecule has 0 saturated carbocycles. The third-order valence-corrected chi connectivity index (χ3v) is 9.35. The molecule has 0 atom stereocenters. The largest absolute Gasteiger partial charge is 0.633 e. The summed E-state index contributed by atoms with van der Waals surface area (Å²) in [6, 6.07) is 0. The first kappa shape index (κ1) is 40.9. The normalized spacial score (nSPS) is 12.0. The molecule has 3 nitrogen and oxygen atoms in total. The Bertz CT molecular complexity index is 433. The Morgan fingerprint density at radius 3 is 0.707 bits per heavy atom. The Morgan fingerprint density at radius 1 is 0.317 bits per heavy atom. The molecule has 0 rings (SSSR count). The van der Waals surface area contributed by atoms with E-state index in [9.17, 15) is 10.3 Å². The molecule has 0 saturated heterocycles. The van der Waals surface area contributed by atoms with Crippen LogP contribution >= 0.6 is 0 Å². The van der Waals surface area contributed by atoms with Crippen molar-refractivity contribution in [2.24, 2.45) is 0 Å². The maximum absolute atomic E-state index is 13.2. The second-order valence-electron chi connectivity index (χ2n) is 13.6. The van der Waals surface area contributed by atoms with Gasteiger partial charge in [0.15, 0.2) is 0 Å². The van der Waals surface area contributed by atoms with E-state index in [0.717, 1.165) is 12.8 Å². The van der Waals surface area contributed by atoms with E-state index in [1.165, 1.54) is 193 Å². The number of nitrogens with zero attached hydrogens (tertiary/aromatic N) is 1. The van der Waals surface area contributed by atoms with Crippen LogP contribution in [-0.2, 0) is 0 Å². The van der Waals surface area contributed by atoms with Gasteiger partial charge in [-0.15, -0.1) is 0 Å². The number of aliphatic hydroxyl groups is 1. The number of aliphatic hydroxyl groups excluding tert-OH is 1. The minimum absolute atomic E-state index is 0.0290. The summed E-state index contributed by atoms with van der Waals surface area (Å²) in [5.74, 6) is 0. The summed E-state index contributed by atoms with van der Waals surface area (Å²) in [6.45, 7) is 6.41. The first-order valence-corrected chi connectivity index (χ1v) is 19.4. The van der Waals surface area contributed by atoms with Crippen molar-refractivity contribution in [1.29, 1.82) is 0 Å². The highest BCUT2D eigenvalue weighted by Gasteiger charge is 2.15. The van der Waals surface area contributed by atoms with Crippen LogP contribution in [0.2, 0.25) is 0 Å². The highest BCUT2D eigenvalue weighted by atomic mass is 16.5. The quantitative estimate of drug-likeness (QED) is 0.0454. The van der Waals surface area contributed by atoms with Crippen molar-refractivity contribution >= 4 is 0 Å². The van der Waals surface area contributed by atoms with Gasteiger partial charge in [0.25, 0.3) is 0 Å². The van der Waals surface area contributed by atoms with E-state index in [-0.39, 0.29) is 11.3 Å². The number of hydroxylamine groups is 3. The van der Waals surface area contributed by atoms with Gasteiger partial charge in [0.05, 0.1) is 19.7 Å². The van der Waals surface area contributed by atoms with Crippen molar-refractivity contribution in [3.8, 4) is 0 Å². The van der Waals surface area contributed by atoms with Gasteiger partial charge >= 0.3 is 0 Å². The van der Waals surface area contributed by atoms with Gasteiger partial charge in [-0.3, -0.25) is 0 Å². The molecule has 0 aliphatic heterocycles. The van der Waals surface area contributed by atoms with Gasteiger partial charge in [0, 0.05) is 0 Å². The van der Waals surface area contributed by atoms with Crippen LogP contribution in [0.1, 0.15) is 219 Å². The van der Waals surface area contributed by atoms with E-state index in [1.54, 1.807) is 0 Å². The zero-order valence-electron chi connectivity index (χ0n) is 28.8. The van der Waals surface area contributed by atoms with Crippen LogP contribution < -0.4 is 0 Å². The van der Waals surface area contributed by atoms with Crippen LogP contribution in [-0.4, -0.2) is 36.0 Å². The van der Waals surface area contributed by atoms with E-state index >= 15 is 0 Å². The SMILES string of the molecule is CCCCCCCCCCCCCCCCCC[N+]([O-])(CCO)CCCCCCCCCCCCCCCCCC. The monoisotopic (exact) mass is 582 g/mol. The summed E-state index contributed by atoms with van der Waals surface area (Å²) in [7, 11) is 0. The second-order valence-corrected chi connectivity index (χ2v) is 13.6. The molecule has 0 bridgehead atoms. The summed E-state index contributed by atoms with van der Waals surface area (Å²) in [5, 5.41) is 22.6. The third-order valence-electron chi connectivity index (χ3n) is 9.35. The molecule has 0 aliphatic carbocycles. The lowest BCUT2D eigenvalue weighted by Crippen LogP contribution is -2.45. The Hall–Kier alpha value is -0.120. The highest BCUT2D eigenvalue weighted by Crippen LogP contribution is 2.17. The fraction of sp³-hybridized carbons (Fsp3) is 1.00. The van der Waals surface area contributed by atoms with Gasteiger partial charge in [0.1, 0.15) is 6.54 Å². The van der Waals surface area contributed by atoms with Crippen molar-refractivity contribution in [2.75, 3.05) is 26.2 Å². The van der Waals surface area contributed by atoms with Crippen LogP contribution in [0.4, 0.5) is 0 Å². The molecular weight excluding hydrogens is 502 g/mol. The molecule has 3 heteroatoms. The lowest BCUT2D eigenvalue weighted by molar-refractivity contribution is -0.881. The minimum Gasteiger partial charge on any atom is -0.633 e. The topological polar surface area (TPSA) is 43.3 Å². The number of rotatable bonds is 36. The maximum atomic E-state index is 13.2. The summed E-state index contributed by atoms with van der Waals surface area (Å²) >= 11 is 0. The molecule has 0 aromatic rings. The molecule has 0 fully saturated rings. The Labute approximate surface area is 260 Å². The van der Waals surface area contributed by atoms with E-state index in [2.05, 4.69) is 13.8 Å². The zero-order valence-corrected chi connectivity index (χ0v) is 28.8. The van der Waals surface area contributed by atoms with Crippen molar-refractivity contribution in [1.82, 2.24) is 0 Å². The van der Waals surface area contributed by atoms with Crippen LogP contribution in [0, 0.1) is 5.21 Å². The second kappa shape index (κ2) is 34.4. The van der Waals surface area contributed by atoms with Crippen molar-refractivity contribution in [3.63, 3.8) is 0 Å². The van der Waals surface area contributed by atoms with E-state index in [4.69, 9.17) is 0 Å². The van der Waals surface area contributed by atoms with Crippen LogP contribution in [0.5, 0.6) is 0 Å².